The maximum absolute atomic E-state index is 12.8. The normalized spacial score (nSPS) is 12.2. The average molecular weight is 523 g/mol. The molecule has 0 spiro atoms. The fourth-order valence-corrected chi connectivity index (χ4v) is 4.92. The first-order valence-corrected chi connectivity index (χ1v) is 12.8. The van der Waals surface area contributed by atoms with E-state index in [1.165, 1.54) is 29.3 Å². The minimum absolute atomic E-state index is 0.0123. The van der Waals surface area contributed by atoms with Crippen molar-refractivity contribution < 1.29 is 28.7 Å². The van der Waals surface area contributed by atoms with E-state index >= 15 is 0 Å². The number of ketones is 1. The van der Waals surface area contributed by atoms with Gasteiger partial charge in [0.2, 0.25) is 5.91 Å². The summed E-state index contributed by atoms with van der Waals surface area (Å²) in [6.07, 6.45) is 2.84. The van der Waals surface area contributed by atoms with Crippen molar-refractivity contribution in [3.8, 4) is 0 Å². The van der Waals surface area contributed by atoms with Crippen molar-refractivity contribution in [2.75, 3.05) is 13.2 Å². The Kier molecular flexibility index (Phi) is 9.68. The van der Waals surface area contributed by atoms with Gasteiger partial charge < -0.3 is 14.8 Å². The third-order valence-corrected chi connectivity index (χ3v) is 6.72. The van der Waals surface area contributed by atoms with Crippen molar-refractivity contribution in [3.63, 3.8) is 0 Å². The van der Waals surface area contributed by atoms with Gasteiger partial charge in [-0.2, -0.15) is 0 Å². The first-order chi connectivity index (χ1) is 17.7. The second-order valence-corrected chi connectivity index (χ2v) is 9.43. The van der Waals surface area contributed by atoms with E-state index in [2.05, 4.69) is 5.32 Å². The summed E-state index contributed by atoms with van der Waals surface area (Å²) in [5.41, 5.74) is 1.80. The Balaban J connectivity index is 2.17. The molecule has 9 heteroatoms. The van der Waals surface area contributed by atoms with Crippen LogP contribution in [0.25, 0.3) is 17.0 Å². The van der Waals surface area contributed by atoms with Gasteiger partial charge in [-0.3, -0.25) is 14.2 Å². The van der Waals surface area contributed by atoms with Gasteiger partial charge in [-0.25, -0.2) is 9.59 Å². The van der Waals surface area contributed by atoms with E-state index in [9.17, 15) is 19.2 Å². The summed E-state index contributed by atoms with van der Waals surface area (Å²) in [6, 6.07) is 15.1. The van der Waals surface area contributed by atoms with Gasteiger partial charge in [-0.15, -0.1) is 11.8 Å². The molecule has 3 aromatic rings. The highest BCUT2D eigenvalue weighted by atomic mass is 32.2. The smallest absolute Gasteiger partial charge is 0.418 e. The number of esters is 1. The summed E-state index contributed by atoms with van der Waals surface area (Å²) in [6.45, 7) is 6.54. The van der Waals surface area contributed by atoms with Crippen LogP contribution in [-0.2, 0) is 30.3 Å². The SMILES string of the molecule is CCOC(=O)/C(=C/c1cn(C(=O)OCC)c2cccc(CC(Sc3ccccc3)C(C)=O)c12)NC(C)=O. The number of carbonyl (C=O) groups is 4. The fourth-order valence-electron chi connectivity index (χ4n) is 3.85. The highest BCUT2D eigenvalue weighted by Gasteiger charge is 2.23. The quantitative estimate of drug-likeness (QED) is 0.228. The molecule has 37 heavy (non-hydrogen) atoms. The molecule has 0 fully saturated rings. The van der Waals surface area contributed by atoms with Crippen LogP contribution >= 0.6 is 11.8 Å². The zero-order chi connectivity index (χ0) is 26.9. The Hall–Kier alpha value is -3.85. The largest absolute Gasteiger partial charge is 0.461 e. The van der Waals surface area contributed by atoms with Gasteiger partial charge in [0.1, 0.15) is 11.5 Å². The number of fused-ring (bicyclic) bond motifs is 1. The van der Waals surface area contributed by atoms with Crippen molar-refractivity contribution >= 4 is 52.5 Å². The second-order valence-electron chi connectivity index (χ2n) is 8.16. The lowest BCUT2D eigenvalue weighted by molar-refractivity contribution is -0.139. The summed E-state index contributed by atoms with van der Waals surface area (Å²) < 4.78 is 11.7. The zero-order valence-corrected chi connectivity index (χ0v) is 22.1. The molecule has 1 amide bonds. The van der Waals surface area contributed by atoms with E-state index in [1.807, 2.05) is 42.5 Å². The van der Waals surface area contributed by atoms with Crippen molar-refractivity contribution in [1.82, 2.24) is 9.88 Å². The summed E-state index contributed by atoms with van der Waals surface area (Å²) in [5.74, 6) is -1.13. The zero-order valence-electron chi connectivity index (χ0n) is 21.3. The van der Waals surface area contributed by atoms with E-state index in [0.29, 0.717) is 22.9 Å². The van der Waals surface area contributed by atoms with Gasteiger partial charge in [0.25, 0.3) is 0 Å². The number of hydrogen-bond acceptors (Lipinski definition) is 7. The lowest BCUT2D eigenvalue weighted by Crippen LogP contribution is -2.26. The van der Waals surface area contributed by atoms with Crippen LogP contribution in [0, 0.1) is 0 Å². The third-order valence-electron chi connectivity index (χ3n) is 5.40. The Morgan fingerprint density at radius 2 is 1.68 bits per heavy atom. The van der Waals surface area contributed by atoms with Gasteiger partial charge in [-0.05, 0) is 57.0 Å². The van der Waals surface area contributed by atoms with Crippen LogP contribution in [0.15, 0.2) is 65.3 Å². The van der Waals surface area contributed by atoms with E-state index in [4.69, 9.17) is 9.47 Å². The van der Waals surface area contributed by atoms with E-state index in [-0.39, 0.29) is 29.9 Å². The van der Waals surface area contributed by atoms with Gasteiger partial charge >= 0.3 is 12.1 Å². The van der Waals surface area contributed by atoms with Crippen LogP contribution in [0.4, 0.5) is 4.79 Å². The van der Waals surface area contributed by atoms with Crippen molar-refractivity contribution in [2.24, 2.45) is 0 Å². The number of carbonyl (C=O) groups excluding carboxylic acids is 4. The van der Waals surface area contributed by atoms with Crippen molar-refractivity contribution in [3.05, 3.63) is 71.6 Å². The van der Waals surface area contributed by atoms with Gasteiger partial charge in [0, 0.05) is 29.0 Å². The van der Waals surface area contributed by atoms with E-state index < -0.39 is 18.0 Å². The maximum atomic E-state index is 12.8. The number of nitrogens with zero attached hydrogens (tertiary/aromatic N) is 1. The van der Waals surface area contributed by atoms with E-state index in [0.717, 1.165) is 10.5 Å². The topological polar surface area (TPSA) is 104 Å². The summed E-state index contributed by atoms with van der Waals surface area (Å²) in [4.78, 5) is 50.7. The molecule has 0 aliphatic rings. The molecule has 0 aliphatic carbocycles. The molecule has 0 saturated heterocycles. The van der Waals surface area contributed by atoms with Crippen LogP contribution in [0.1, 0.15) is 38.8 Å². The monoisotopic (exact) mass is 522 g/mol. The molecule has 3 rings (SSSR count). The number of Topliss-reactive ketones (excluding diaryl/α,β-unsaturated/α-hetero) is 1. The Morgan fingerprint density at radius 1 is 0.973 bits per heavy atom. The number of aromatic nitrogens is 1. The number of nitrogens with one attached hydrogen (secondary N) is 1. The molecule has 1 atom stereocenters. The van der Waals surface area contributed by atoms with Crippen LogP contribution in [0.3, 0.4) is 0 Å². The Bertz CT molecular complexity index is 1330. The molecule has 0 bridgehead atoms. The van der Waals surface area contributed by atoms with Crippen molar-refractivity contribution in [1.29, 1.82) is 0 Å². The lowest BCUT2D eigenvalue weighted by Gasteiger charge is -2.15. The second kappa shape index (κ2) is 12.9. The molecule has 2 aromatic carbocycles. The van der Waals surface area contributed by atoms with Crippen LogP contribution in [0.2, 0.25) is 0 Å². The van der Waals surface area contributed by atoms with Crippen LogP contribution in [0.5, 0.6) is 0 Å². The first kappa shape index (κ1) is 27.7. The minimum Gasteiger partial charge on any atom is -0.461 e. The molecule has 1 unspecified atom stereocenters. The number of thioether (sulfide) groups is 1. The van der Waals surface area contributed by atoms with Gasteiger partial charge in [0.15, 0.2) is 0 Å². The summed E-state index contributed by atoms with van der Waals surface area (Å²) in [5, 5.41) is 2.81. The predicted molar refractivity (Wildman–Crippen MR) is 143 cm³/mol. The van der Waals surface area contributed by atoms with Crippen LogP contribution < -0.4 is 5.32 Å². The third kappa shape index (κ3) is 7.10. The first-order valence-electron chi connectivity index (χ1n) is 11.9. The number of ether oxygens (including phenoxy) is 2. The van der Waals surface area contributed by atoms with E-state index in [1.54, 1.807) is 33.0 Å². The highest BCUT2D eigenvalue weighted by Crippen LogP contribution is 2.32. The van der Waals surface area contributed by atoms with Crippen LogP contribution in [-0.4, -0.2) is 46.8 Å². The molecule has 0 radical (unpaired) electrons. The van der Waals surface area contributed by atoms with Gasteiger partial charge in [0.05, 0.1) is 24.0 Å². The lowest BCUT2D eigenvalue weighted by atomic mass is 10.00. The maximum Gasteiger partial charge on any atom is 0.418 e. The molecule has 1 heterocycles. The molecule has 194 valence electrons. The predicted octanol–water partition coefficient (Wildman–Crippen LogP) is 4.98. The number of amides is 1. The standard InChI is InChI=1S/C28H30N2O6S/c1-5-35-27(33)23(29-19(4)32)15-21-17-30(28(34)36-6-2)24-14-10-11-20(26(21)24)16-25(18(3)31)37-22-12-8-7-9-13-22/h7-15,17,25H,5-6,16H2,1-4H3,(H,29,32)/b23-15-. The number of benzene rings is 2. The molecular weight excluding hydrogens is 492 g/mol. The average Bonchev–Trinajstić information content (AvgIpc) is 3.23. The van der Waals surface area contributed by atoms with Crippen molar-refractivity contribution in [2.45, 2.75) is 44.3 Å². The number of rotatable bonds is 10. The highest BCUT2D eigenvalue weighted by molar-refractivity contribution is 8.00. The van der Waals surface area contributed by atoms with Gasteiger partial charge in [-0.1, -0.05) is 30.3 Å². The molecule has 0 aliphatic heterocycles. The summed E-state index contributed by atoms with van der Waals surface area (Å²) >= 11 is 1.47. The Labute approximate surface area is 220 Å². The molecule has 1 N–H and O–H groups in total. The summed E-state index contributed by atoms with van der Waals surface area (Å²) in [7, 11) is 0. The molecule has 8 nitrogen and oxygen atoms in total. The fraction of sp³-hybridized carbons (Fsp3) is 0.286. The molecule has 1 aromatic heterocycles. The Morgan fingerprint density at radius 3 is 2.30 bits per heavy atom. The minimum atomic E-state index is -0.700. The number of hydrogen-bond donors (Lipinski definition) is 1. The molecular formula is C28H30N2O6S. The molecule has 0 saturated carbocycles.